The number of benzene rings is 1. The second kappa shape index (κ2) is 7.36. The van der Waals surface area contributed by atoms with E-state index in [9.17, 15) is 4.79 Å². The summed E-state index contributed by atoms with van der Waals surface area (Å²) in [6, 6.07) is 7.56. The van der Waals surface area contributed by atoms with Crippen LogP contribution < -0.4 is 4.74 Å². The molecule has 1 aliphatic rings. The fraction of sp³-hybridized carbons (Fsp3) is 0.500. The van der Waals surface area contributed by atoms with Crippen LogP contribution in [0.25, 0.3) is 0 Å². The lowest BCUT2D eigenvalue weighted by Crippen LogP contribution is -2.38. The van der Waals surface area contributed by atoms with E-state index in [1.165, 1.54) is 0 Å². The van der Waals surface area contributed by atoms with Gasteiger partial charge < -0.3 is 9.84 Å². The van der Waals surface area contributed by atoms with Gasteiger partial charge in [0.2, 0.25) is 0 Å². The summed E-state index contributed by atoms with van der Waals surface area (Å²) in [5.41, 5.74) is 1.16. The van der Waals surface area contributed by atoms with E-state index in [1.807, 2.05) is 36.1 Å². The van der Waals surface area contributed by atoms with E-state index >= 15 is 0 Å². The first kappa shape index (κ1) is 15.8. The van der Waals surface area contributed by atoms with Crippen LogP contribution in [-0.4, -0.2) is 41.7 Å². The van der Waals surface area contributed by atoms with Gasteiger partial charge in [0.05, 0.1) is 0 Å². The number of halogens is 1. The molecule has 1 aliphatic heterocycles. The van der Waals surface area contributed by atoms with Gasteiger partial charge in [-0.25, -0.2) is 0 Å². The molecule has 1 aromatic carbocycles. The number of carboxylic acid groups (broad SMARTS) is 1. The van der Waals surface area contributed by atoms with Crippen LogP contribution in [0.15, 0.2) is 24.3 Å². The van der Waals surface area contributed by atoms with E-state index < -0.39 is 5.97 Å². The van der Waals surface area contributed by atoms with Gasteiger partial charge >= 0.3 is 5.97 Å². The van der Waals surface area contributed by atoms with E-state index in [1.54, 1.807) is 0 Å². The number of hydrogen-bond donors (Lipinski definition) is 1. The molecule has 19 heavy (non-hydrogen) atoms. The van der Waals surface area contributed by atoms with Gasteiger partial charge in [0.15, 0.2) is 0 Å². The number of nitrogens with zero attached hydrogens (tertiary/aromatic N) is 1. The Labute approximate surface area is 119 Å². The van der Waals surface area contributed by atoms with Gasteiger partial charge in [-0.3, -0.25) is 9.69 Å². The second-order valence-electron chi connectivity index (χ2n) is 4.70. The summed E-state index contributed by atoms with van der Waals surface area (Å²) in [6.45, 7) is 4.08. The monoisotopic (exact) mass is 285 g/mol. The number of carboxylic acids is 1. The highest BCUT2D eigenvalue weighted by molar-refractivity contribution is 5.85. The molecule has 0 amide bonds. The molecule has 1 saturated heterocycles. The Morgan fingerprint density at radius 3 is 3.00 bits per heavy atom. The molecule has 0 aliphatic carbocycles. The van der Waals surface area contributed by atoms with E-state index in [2.05, 4.69) is 0 Å². The van der Waals surface area contributed by atoms with Crippen LogP contribution in [0.3, 0.4) is 0 Å². The molecule has 0 radical (unpaired) electrons. The highest BCUT2D eigenvalue weighted by atomic mass is 35.5. The van der Waals surface area contributed by atoms with Crippen molar-refractivity contribution >= 4 is 18.4 Å². The normalized spacial score (nSPS) is 18.9. The Bertz CT molecular complexity index is 425. The average Bonchev–Trinajstić information content (AvgIpc) is 2.77. The molecule has 0 unspecified atom stereocenters. The minimum absolute atomic E-state index is 0. The molecule has 5 heteroatoms. The molecule has 0 bridgehead atoms. The Kier molecular flexibility index (Phi) is 6.12. The number of likely N-dealkylation sites (tertiary alicyclic amines) is 1. The van der Waals surface area contributed by atoms with Crippen molar-refractivity contribution in [2.75, 3.05) is 19.7 Å². The molecule has 1 fully saturated rings. The molecular weight excluding hydrogens is 266 g/mol. The Balaban J connectivity index is 0.00000180. The first-order chi connectivity index (χ1) is 8.66. The summed E-state index contributed by atoms with van der Waals surface area (Å²) < 4.78 is 5.64. The Hall–Kier alpha value is -1.26. The largest absolute Gasteiger partial charge is 0.492 e. The van der Waals surface area contributed by atoms with E-state index in [-0.39, 0.29) is 18.4 Å². The predicted octanol–water partition coefficient (Wildman–Crippen LogP) is 2.34. The van der Waals surface area contributed by atoms with E-state index in [4.69, 9.17) is 9.84 Å². The lowest BCUT2D eigenvalue weighted by Gasteiger charge is -2.20. The van der Waals surface area contributed by atoms with Gasteiger partial charge in [-0.1, -0.05) is 12.1 Å². The summed E-state index contributed by atoms with van der Waals surface area (Å²) in [4.78, 5) is 13.0. The molecule has 1 N–H and O–H groups in total. The maximum absolute atomic E-state index is 11.0. The van der Waals surface area contributed by atoms with Crippen molar-refractivity contribution in [1.82, 2.24) is 4.90 Å². The molecular formula is C14H20ClNO3. The third-order valence-corrected chi connectivity index (χ3v) is 3.29. The third kappa shape index (κ3) is 4.40. The van der Waals surface area contributed by atoms with Crippen LogP contribution in [0, 0.1) is 6.92 Å². The summed E-state index contributed by atoms with van der Waals surface area (Å²) in [5, 5.41) is 9.05. The molecule has 1 heterocycles. The summed E-state index contributed by atoms with van der Waals surface area (Å²) in [5.74, 6) is 0.129. The van der Waals surface area contributed by atoms with Crippen molar-refractivity contribution in [1.29, 1.82) is 0 Å². The summed E-state index contributed by atoms with van der Waals surface area (Å²) in [7, 11) is 0. The fourth-order valence-corrected chi connectivity index (χ4v) is 2.36. The van der Waals surface area contributed by atoms with Crippen LogP contribution in [0.4, 0.5) is 0 Å². The number of aliphatic carboxylic acids is 1. The lowest BCUT2D eigenvalue weighted by atomic mass is 10.2. The van der Waals surface area contributed by atoms with Gasteiger partial charge in [0, 0.05) is 6.54 Å². The Morgan fingerprint density at radius 1 is 1.53 bits per heavy atom. The van der Waals surface area contributed by atoms with Crippen molar-refractivity contribution in [3.05, 3.63) is 29.8 Å². The van der Waals surface area contributed by atoms with Crippen LogP contribution in [0.1, 0.15) is 18.4 Å². The van der Waals surface area contributed by atoms with Gasteiger partial charge in [0.1, 0.15) is 18.4 Å². The maximum atomic E-state index is 11.0. The summed E-state index contributed by atoms with van der Waals surface area (Å²) >= 11 is 0. The van der Waals surface area contributed by atoms with Gasteiger partial charge in [-0.05, 0) is 44.0 Å². The molecule has 0 spiro atoms. The van der Waals surface area contributed by atoms with Gasteiger partial charge in [-0.15, -0.1) is 12.4 Å². The highest BCUT2D eigenvalue weighted by Gasteiger charge is 2.29. The lowest BCUT2D eigenvalue weighted by molar-refractivity contribution is -0.142. The fourth-order valence-electron chi connectivity index (χ4n) is 2.36. The predicted molar refractivity (Wildman–Crippen MR) is 76.2 cm³/mol. The van der Waals surface area contributed by atoms with Crippen molar-refractivity contribution in [3.63, 3.8) is 0 Å². The maximum Gasteiger partial charge on any atom is 0.320 e. The zero-order chi connectivity index (χ0) is 13.0. The minimum Gasteiger partial charge on any atom is -0.492 e. The van der Waals surface area contributed by atoms with Crippen molar-refractivity contribution in [2.45, 2.75) is 25.8 Å². The van der Waals surface area contributed by atoms with Crippen LogP contribution in [0.5, 0.6) is 5.75 Å². The molecule has 0 aromatic heterocycles. The van der Waals surface area contributed by atoms with Crippen molar-refractivity contribution < 1.29 is 14.6 Å². The topological polar surface area (TPSA) is 49.8 Å². The van der Waals surface area contributed by atoms with E-state index in [0.29, 0.717) is 13.2 Å². The first-order valence-corrected chi connectivity index (χ1v) is 6.33. The summed E-state index contributed by atoms with van der Waals surface area (Å²) in [6.07, 6.45) is 1.71. The van der Waals surface area contributed by atoms with E-state index in [0.717, 1.165) is 30.7 Å². The molecule has 1 aromatic rings. The standard InChI is InChI=1S/C14H19NO3.ClH/c1-11-4-2-5-12(10-11)18-9-8-15-7-3-6-13(15)14(16)17;/h2,4-5,10,13H,3,6-9H2,1H3,(H,16,17);1H/t13-;/m1./s1. The zero-order valence-corrected chi connectivity index (χ0v) is 11.9. The highest BCUT2D eigenvalue weighted by Crippen LogP contribution is 2.17. The van der Waals surface area contributed by atoms with Crippen molar-refractivity contribution in [3.8, 4) is 5.75 Å². The third-order valence-electron chi connectivity index (χ3n) is 3.29. The van der Waals surface area contributed by atoms with Crippen molar-refractivity contribution in [2.24, 2.45) is 0 Å². The van der Waals surface area contributed by atoms with Gasteiger partial charge in [-0.2, -0.15) is 0 Å². The van der Waals surface area contributed by atoms with Crippen LogP contribution in [0.2, 0.25) is 0 Å². The van der Waals surface area contributed by atoms with Crippen LogP contribution >= 0.6 is 12.4 Å². The van der Waals surface area contributed by atoms with Crippen LogP contribution in [-0.2, 0) is 4.79 Å². The molecule has 106 valence electrons. The SMILES string of the molecule is Cc1cccc(OCCN2CCC[C@@H]2C(=O)O)c1.Cl. The molecule has 2 rings (SSSR count). The molecule has 1 atom stereocenters. The van der Waals surface area contributed by atoms with Gasteiger partial charge in [0.25, 0.3) is 0 Å². The smallest absolute Gasteiger partial charge is 0.320 e. The second-order valence-corrected chi connectivity index (χ2v) is 4.70. The molecule has 0 saturated carbocycles. The number of aryl methyl sites for hydroxylation is 1. The molecule has 4 nitrogen and oxygen atoms in total. The average molecular weight is 286 g/mol. The zero-order valence-electron chi connectivity index (χ0n) is 11.0. The number of carbonyl (C=O) groups is 1. The number of rotatable bonds is 5. The Morgan fingerprint density at radius 2 is 2.32 bits per heavy atom. The number of ether oxygens (including phenoxy) is 1. The first-order valence-electron chi connectivity index (χ1n) is 6.33. The number of hydrogen-bond acceptors (Lipinski definition) is 3. The minimum atomic E-state index is -0.719. The quantitative estimate of drug-likeness (QED) is 0.902.